The van der Waals surface area contributed by atoms with Gasteiger partial charge in [0.25, 0.3) is 0 Å². The van der Waals surface area contributed by atoms with E-state index in [1.54, 1.807) is 6.07 Å². The quantitative estimate of drug-likeness (QED) is 0.361. The standard InChI is InChI=1S/C27H32F3N3O3/c1-15(2)36-23-12-22-21(11-20(23)24(34)35)32-25(31-18-8-6-17(7-9-18)27(28,29)30)33(22)19-10-16(3)13-26(4,5)14-19/h6-9,11-12,15-16,19H,10,13-14H2,1-5H3,(H,31,32)(H,34,35)/t16-,19?/m0/s1. The number of hydrogen-bond donors (Lipinski definition) is 2. The molecule has 1 heterocycles. The molecule has 2 atom stereocenters. The van der Waals surface area contributed by atoms with Gasteiger partial charge in [0.05, 0.1) is 22.7 Å². The SMILES string of the molecule is CC(C)Oc1cc2c(cc1C(=O)O)nc(Nc1ccc(C(F)(F)F)cc1)n2C1C[C@H](C)CC(C)(C)C1. The van der Waals surface area contributed by atoms with Gasteiger partial charge in [-0.3, -0.25) is 0 Å². The molecule has 1 aliphatic carbocycles. The number of imidazole rings is 1. The molecule has 1 unspecified atom stereocenters. The van der Waals surface area contributed by atoms with Crippen molar-refractivity contribution >= 4 is 28.6 Å². The zero-order chi connectivity index (χ0) is 26.4. The van der Waals surface area contributed by atoms with E-state index in [2.05, 4.69) is 30.7 Å². The maximum atomic E-state index is 13.0. The van der Waals surface area contributed by atoms with Crippen molar-refractivity contribution in [3.8, 4) is 5.75 Å². The van der Waals surface area contributed by atoms with E-state index in [-0.39, 0.29) is 28.9 Å². The van der Waals surface area contributed by atoms with Crippen molar-refractivity contribution in [2.75, 3.05) is 5.32 Å². The number of aromatic nitrogens is 2. The van der Waals surface area contributed by atoms with Crippen LogP contribution in [0.25, 0.3) is 11.0 Å². The maximum absolute atomic E-state index is 13.0. The summed E-state index contributed by atoms with van der Waals surface area (Å²) in [6.07, 6.45) is -1.78. The number of nitrogens with zero attached hydrogens (tertiary/aromatic N) is 2. The second-order valence-corrected chi connectivity index (χ2v) is 10.9. The number of benzene rings is 2. The number of ether oxygens (including phenoxy) is 1. The van der Waals surface area contributed by atoms with Crippen molar-refractivity contribution in [2.45, 2.75) is 72.2 Å². The number of fused-ring (bicyclic) bond motifs is 1. The molecule has 1 aliphatic rings. The van der Waals surface area contributed by atoms with Crippen molar-refractivity contribution in [3.05, 3.63) is 47.5 Å². The number of carboxylic acids is 1. The summed E-state index contributed by atoms with van der Waals surface area (Å²) in [5, 5.41) is 13.0. The van der Waals surface area contributed by atoms with E-state index in [1.807, 2.05) is 13.8 Å². The van der Waals surface area contributed by atoms with Crippen LogP contribution in [0.1, 0.15) is 75.8 Å². The zero-order valence-electron chi connectivity index (χ0n) is 21.1. The van der Waals surface area contributed by atoms with Crippen LogP contribution in [0, 0.1) is 11.3 Å². The Labute approximate surface area is 208 Å². The molecule has 2 N–H and O–H groups in total. The number of alkyl halides is 3. The maximum Gasteiger partial charge on any atom is 0.416 e. The van der Waals surface area contributed by atoms with Crippen LogP contribution < -0.4 is 10.1 Å². The molecule has 6 nitrogen and oxygen atoms in total. The molecule has 36 heavy (non-hydrogen) atoms. The highest BCUT2D eigenvalue weighted by molar-refractivity contribution is 5.96. The molecule has 0 aliphatic heterocycles. The van der Waals surface area contributed by atoms with Gasteiger partial charge in [-0.05, 0) is 74.8 Å². The largest absolute Gasteiger partial charge is 0.490 e. The van der Waals surface area contributed by atoms with Gasteiger partial charge in [-0.1, -0.05) is 20.8 Å². The summed E-state index contributed by atoms with van der Waals surface area (Å²) in [7, 11) is 0. The average molecular weight is 504 g/mol. The fraction of sp³-hybridized carbons (Fsp3) is 0.481. The van der Waals surface area contributed by atoms with E-state index in [0.717, 1.165) is 36.9 Å². The van der Waals surface area contributed by atoms with Crippen LogP contribution in [0.2, 0.25) is 0 Å². The lowest BCUT2D eigenvalue weighted by Crippen LogP contribution is -2.29. The minimum absolute atomic E-state index is 0.0132. The topological polar surface area (TPSA) is 76.4 Å². The van der Waals surface area contributed by atoms with Crippen LogP contribution in [0.15, 0.2) is 36.4 Å². The number of halogens is 3. The number of carboxylic acid groups (broad SMARTS) is 1. The lowest BCUT2D eigenvalue weighted by molar-refractivity contribution is -0.137. The van der Waals surface area contributed by atoms with Crippen molar-refractivity contribution in [1.29, 1.82) is 0 Å². The predicted molar refractivity (Wildman–Crippen MR) is 133 cm³/mol. The Balaban J connectivity index is 1.86. The summed E-state index contributed by atoms with van der Waals surface area (Å²) in [6.45, 7) is 10.3. The Morgan fingerprint density at radius 1 is 1.19 bits per heavy atom. The van der Waals surface area contributed by atoms with Gasteiger partial charge in [-0.2, -0.15) is 13.2 Å². The third kappa shape index (κ3) is 5.44. The third-order valence-corrected chi connectivity index (χ3v) is 6.58. The van der Waals surface area contributed by atoms with Crippen molar-refractivity contribution < 1.29 is 27.8 Å². The van der Waals surface area contributed by atoms with E-state index < -0.39 is 17.7 Å². The first-order valence-corrected chi connectivity index (χ1v) is 12.1. The molecule has 4 rings (SSSR count). The van der Waals surface area contributed by atoms with Gasteiger partial charge in [0.2, 0.25) is 5.95 Å². The lowest BCUT2D eigenvalue weighted by atomic mass is 9.70. The number of nitrogens with one attached hydrogen (secondary N) is 1. The molecule has 0 saturated heterocycles. The van der Waals surface area contributed by atoms with Crippen LogP contribution in [0.5, 0.6) is 5.75 Å². The summed E-state index contributed by atoms with van der Waals surface area (Å²) in [6, 6.07) is 8.08. The van der Waals surface area contributed by atoms with Crippen LogP contribution in [0.3, 0.4) is 0 Å². The monoisotopic (exact) mass is 503 g/mol. The molecule has 0 radical (unpaired) electrons. The number of aromatic carboxylic acids is 1. The van der Waals surface area contributed by atoms with Crippen LogP contribution >= 0.6 is 0 Å². The van der Waals surface area contributed by atoms with Crippen LogP contribution in [-0.4, -0.2) is 26.7 Å². The summed E-state index contributed by atoms with van der Waals surface area (Å²) in [4.78, 5) is 16.7. The number of hydrogen-bond acceptors (Lipinski definition) is 4. The van der Waals surface area contributed by atoms with E-state index in [4.69, 9.17) is 9.72 Å². The number of rotatable bonds is 6. The second kappa shape index (κ2) is 9.33. The molecule has 0 bridgehead atoms. The fourth-order valence-corrected chi connectivity index (χ4v) is 5.46. The average Bonchev–Trinajstić information content (AvgIpc) is 3.07. The van der Waals surface area contributed by atoms with E-state index >= 15 is 0 Å². The molecule has 194 valence electrons. The van der Waals surface area contributed by atoms with Crippen LogP contribution in [-0.2, 0) is 6.18 Å². The predicted octanol–water partition coefficient (Wildman–Crippen LogP) is 7.67. The van der Waals surface area contributed by atoms with E-state index in [9.17, 15) is 23.1 Å². The first-order chi connectivity index (χ1) is 16.7. The molecule has 1 aromatic heterocycles. The van der Waals surface area contributed by atoms with Gasteiger partial charge in [0.1, 0.15) is 11.3 Å². The lowest BCUT2D eigenvalue weighted by Gasteiger charge is -2.40. The Hall–Kier alpha value is -3.23. The molecular weight excluding hydrogens is 471 g/mol. The molecule has 0 spiro atoms. The minimum atomic E-state index is -4.42. The van der Waals surface area contributed by atoms with Crippen molar-refractivity contribution in [2.24, 2.45) is 11.3 Å². The van der Waals surface area contributed by atoms with Crippen molar-refractivity contribution in [1.82, 2.24) is 9.55 Å². The van der Waals surface area contributed by atoms with Gasteiger partial charge in [0.15, 0.2) is 0 Å². The normalized spacial score (nSPS) is 20.0. The smallest absolute Gasteiger partial charge is 0.416 e. The summed E-state index contributed by atoms with van der Waals surface area (Å²) in [5.74, 6) is 0.0552. The Bertz CT molecular complexity index is 1260. The summed E-state index contributed by atoms with van der Waals surface area (Å²) < 4.78 is 47.0. The molecule has 0 amide bonds. The summed E-state index contributed by atoms with van der Waals surface area (Å²) in [5.41, 5.74) is 1.03. The molecule has 3 aromatic rings. The molecular formula is C27H32F3N3O3. The fourth-order valence-electron chi connectivity index (χ4n) is 5.46. The first kappa shape index (κ1) is 25.9. The first-order valence-electron chi connectivity index (χ1n) is 12.1. The van der Waals surface area contributed by atoms with Gasteiger partial charge < -0.3 is 19.7 Å². The highest BCUT2D eigenvalue weighted by atomic mass is 19.4. The van der Waals surface area contributed by atoms with Crippen LogP contribution in [0.4, 0.5) is 24.8 Å². The molecule has 1 fully saturated rings. The Kier molecular flexibility index (Phi) is 6.70. The van der Waals surface area contributed by atoms with Gasteiger partial charge in [0, 0.05) is 17.8 Å². The van der Waals surface area contributed by atoms with Crippen molar-refractivity contribution in [3.63, 3.8) is 0 Å². The van der Waals surface area contributed by atoms with Gasteiger partial charge >= 0.3 is 12.1 Å². The zero-order valence-corrected chi connectivity index (χ0v) is 21.1. The highest BCUT2D eigenvalue weighted by Crippen LogP contribution is 2.46. The second-order valence-electron chi connectivity index (χ2n) is 10.9. The molecule has 2 aromatic carbocycles. The Morgan fingerprint density at radius 3 is 2.42 bits per heavy atom. The van der Waals surface area contributed by atoms with Gasteiger partial charge in [-0.15, -0.1) is 0 Å². The number of anilines is 2. The summed E-state index contributed by atoms with van der Waals surface area (Å²) >= 11 is 0. The molecule has 9 heteroatoms. The third-order valence-electron chi connectivity index (χ3n) is 6.58. The van der Waals surface area contributed by atoms with E-state index in [0.29, 0.717) is 23.1 Å². The molecule has 1 saturated carbocycles. The number of carbonyl (C=O) groups is 1. The van der Waals surface area contributed by atoms with Gasteiger partial charge in [-0.25, -0.2) is 9.78 Å². The Morgan fingerprint density at radius 2 is 1.86 bits per heavy atom. The minimum Gasteiger partial charge on any atom is -0.490 e. The highest BCUT2D eigenvalue weighted by Gasteiger charge is 2.35. The van der Waals surface area contributed by atoms with E-state index in [1.165, 1.54) is 18.2 Å².